The lowest BCUT2D eigenvalue weighted by atomic mass is 10.2. The molecule has 1 amide bonds. The van der Waals surface area contributed by atoms with Gasteiger partial charge in [-0.15, -0.1) is 0 Å². The zero-order chi connectivity index (χ0) is 19.2. The summed E-state index contributed by atoms with van der Waals surface area (Å²) in [6, 6.07) is 16.6. The summed E-state index contributed by atoms with van der Waals surface area (Å²) in [5.41, 5.74) is 2.02. The number of hydrogen-bond acceptors (Lipinski definition) is 4. The van der Waals surface area contributed by atoms with Crippen molar-refractivity contribution in [2.24, 2.45) is 5.92 Å². The van der Waals surface area contributed by atoms with Crippen molar-refractivity contribution >= 4 is 39.8 Å². The first-order valence-electron chi connectivity index (χ1n) is 8.72. The number of para-hydroxylation sites is 1. The molecule has 2 aromatic carbocycles. The van der Waals surface area contributed by atoms with Crippen LogP contribution in [-0.4, -0.2) is 22.6 Å². The van der Waals surface area contributed by atoms with E-state index in [1.54, 1.807) is 24.4 Å². The summed E-state index contributed by atoms with van der Waals surface area (Å²) >= 11 is 5.29. The topological polar surface area (TPSA) is 63.2 Å². The molecule has 3 aromatic rings. The number of benzene rings is 2. The first-order valence-corrected chi connectivity index (χ1v) is 9.12. The summed E-state index contributed by atoms with van der Waals surface area (Å²) in [6.45, 7) is 4.74. The van der Waals surface area contributed by atoms with Crippen LogP contribution < -0.4 is 15.4 Å². The van der Waals surface area contributed by atoms with Gasteiger partial charge in [-0.05, 0) is 48.5 Å². The quantitative estimate of drug-likeness (QED) is 0.644. The van der Waals surface area contributed by atoms with E-state index >= 15 is 0 Å². The second kappa shape index (κ2) is 8.60. The van der Waals surface area contributed by atoms with Crippen LogP contribution in [0.2, 0.25) is 0 Å². The molecule has 0 radical (unpaired) electrons. The molecule has 0 spiro atoms. The lowest BCUT2D eigenvalue weighted by molar-refractivity contribution is 0.0977. The van der Waals surface area contributed by atoms with Crippen LogP contribution in [0.15, 0.2) is 60.8 Å². The standard InChI is InChI=1S/C21H21N3O2S/c1-14(2)13-26-17-9-3-7-16(12-17)20(25)24-21(27)23-18-10-4-6-15-8-5-11-22-19(15)18/h3-12,14H,13H2,1-2H3,(H2,23,24,25,27). The van der Waals surface area contributed by atoms with Gasteiger partial charge in [0.15, 0.2) is 5.11 Å². The highest BCUT2D eigenvalue weighted by molar-refractivity contribution is 7.80. The van der Waals surface area contributed by atoms with Gasteiger partial charge < -0.3 is 10.1 Å². The van der Waals surface area contributed by atoms with Gasteiger partial charge in [-0.25, -0.2) is 0 Å². The summed E-state index contributed by atoms with van der Waals surface area (Å²) in [5.74, 6) is 0.776. The van der Waals surface area contributed by atoms with Gasteiger partial charge in [0.25, 0.3) is 5.91 Å². The van der Waals surface area contributed by atoms with E-state index in [1.165, 1.54) is 0 Å². The molecule has 0 aliphatic heterocycles. The van der Waals surface area contributed by atoms with Gasteiger partial charge in [-0.3, -0.25) is 15.1 Å². The average Bonchev–Trinajstić information content (AvgIpc) is 2.67. The maximum Gasteiger partial charge on any atom is 0.257 e. The minimum Gasteiger partial charge on any atom is -0.493 e. The molecule has 0 fully saturated rings. The third-order valence-electron chi connectivity index (χ3n) is 3.79. The molecule has 0 saturated heterocycles. The normalized spacial score (nSPS) is 10.6. The SMILES string of the molecule is CC(C)COc1cccc(C(=O)NC(=S)Nc2cccc3cccnc23)c1. The summed E-state index contributed by atoms with van der Waals surface area (Å²) in [7, 11) is 0. The second-order valence-electron chi connectivity index (χ2n) is 6.52. The molecule has 0 aliphatic carbocycles. The number of pyridine rings is 1. The van der Waals surface area contributed by atoms with E-state index in [9.17, 15) is 4.79 Å². The molecular weight excluding hydrogens is 358 g/mol. The Morgan fingerprint density at radius 3 is 2.74 bits per heavy atom. The van der Waals surface area contributed by atoms with Crippen LogP contribution in [0.4, 0.5) is 5.69 Å². The van der Waals surface area contributed by atoms with Crippen LogP contribution in [0.3, 0.4) is 0 Å². The van der Waals surface area contributed by atoms with Gasteiger partial charge in [0.1, 0.15) is 5.75 Å². The van der Waals surface area contributed by atoms with Crippen molar-refractivity contribution in [1.29, 1.82) is 0 Å². The number of carbonyl (C=O) groups is 1. The van der Waals surface area contributed by atoms with Crippen molar-refractivity contribution in [3.8, 4) is 5.75 Å². The Balaban J connectivity index is 1.67. The van der Waals surface area contributed by atoms with Gasteiger partial charge in [0, 0.05) is 17.1 Å². The highest BCUT2D eigenvalue weighted by Crippen LogP contribution is 2.20. The zero-order valence-corrected chi connectivity index (χ0v) is 16.0. The van der Waals surface area contributed by atoms with Gasteiger partial charge in [0.05, 0.1) is 17.8 Å². The van der Waals surface area contributed by atoms with Gasteiger partial charge in [-0.1, -0.05) is 38.1 Å². The molecule has 1 aromatic heterocycles. The fraction of sp³-hybridized carbons (Fsp3) is 0.190. The number of ether oxygens (including phenoxy) is 1. The van der Waals surface area contributed by atoms with E-state index in [4.69, 9.17) is 17.0 Å². The zero-order valence-electron chi connectivity index (χ0n) is 15.2. The first kappa shape index (κ1) is 18.8. The summed E-state index contributed by atoms with van der Waals surface area (Å²) < 4.78 is 5.67. The molecular formula is C21H21N3O2S. The predicted molar refractivity (Wildman–Crippen MR) is 112 cm³/mol. The Morgan fingerprint density at radius 2 is 1.93 bits per heavy atom. The third-order valence-corrected chi connectivity index (χ3v) is 3.99. The van der Waals surface area contributed by atoms with Crippen molar-refractivity contribution in [2.45, 2.75) is 13.8 Å². The molecule has 0 aliphatic rings. The van der Waals surface area contributed by atoms with Gasteiger partial charge in [-0.2, -0.15) is 0 Å². The Hall–Kier alpha value is -2.99. The molecule has 0 atom stereocenters. The molecule has 138 valence electrons. The van der Waals surface area contributed by atoms with Crippen LogP contribution in [0.1, 0.15) is 24.2 Å². The van der Waals surface area contributed by atoms with Crippen molar-refractivity contribution in [1.82, 2.24) is 10.3 Å². The lowest BCUT2D eigenvalue weighted by Crippen LogP contribution is -2.34. The Kier molecular flexibility index (Phi) is 5.98. The fourth-order valence-electron chi connectivity index (χ4n) is 2.52. The maximum atomic E-state index is 12.5. The smallest absolute Gasteiger partial charge is 0.257 e. The number of aromatic nitrogens is 1. The maximum absolute atomic E-state index is 12.5. The van der Waals surface area contributed by atoms with Crippen molar-refractivity contribution in [2.75, 3.05) is 11.9 Å². The monoisotopic (exact) mass is 379 g/mol. The van der Waals surface area contributed by atoms with Crippen LogP contribution >= 0.6 is 12.2 Å². The van der Waals surface area contributed by atoms with E-state index in [-0.39, 0.29) is 11.0 Å². The van der Waals surface area contributed by atoms with Crippen LogP contribution in [0, 0.1) is 5.92 Å². The number of carbonyl (C=O) groups excluding carboxylic acids is 1. The third kappa shape index (κ3) is 5.01. The van der Waals surface area contributed by atoms with E-state index in [0.717, 1.165) is 16.6 Å². The molecule has 5 nitrogen and oxygen atoms in total. The molecule has 0 saturated carbocycles. The highest BCUT2D eigenvalue weighted by Gasteiger charge is 2.10. The van der Waals surface area contributed by atoms with E-state index in [2.05, 4.69) is 29.5 Å². The van der Waals surface area contributed by atoms with Crippen molar-refractivity contribution < 1.29 is 9.53 Å². The van der Waals surface area contributed by atoms with E-state index in [0.29, 0.717) is 23.8 Å². The number of hydrogen-bond donors (Lipinski definition) is 2. The Labute approximate surface area is 163 Å². The van der Waals surface area contributed by atoms with E-state index < -0.39 is 0 Å². The lowest BCUT2D eigenvalue weighted by Gasteiger charge is -2.12. The van der Waals surface area contributed by atoms with Crippen LogP contribution in [0.5, 0.6) is 5.75 Å². The Bertz CT molecular complexity index is 967. The number of thiocarbonyl (C=S) groups is 1. The average molecular weight is 379 g/mol. The highest BCUT2D eigenvalue weighted by atomic mass is 32.1. The molecule has 6 heteroatoms. The van der Waals surface area contributed by atoms with Crippen molar-refractivity contribution in [3.63, 3.8) is 0 Å². The molecule has 0 bridgehead atoms. The predicted octanol–water partition coefficient (Wildman–Crippen LogP) is 4.40. The molecule has 27 heavy (non-hydrogen) atoms. The summed E-state index contributed by atoms with van der Waals surface area (Å²) in [5, 5.41) is 6.95. The number of nitrogens with zero attached hydrogens (tertiary/aromatic N) is 1. The molecule has 3 rings (SSSR count). The number of nitrogens with one attached hydrogen (secondary N) is 2. The fourth-order valence-corrected chi connectivity index (χ4v) is 2.73. The molecule has 0 unspecified atom stereocenters. The Morgan fingerprint density at radius 1 is 1.15 bits per heavy atom. The van der Waals surface area contributed by atoms with Gasteiger partial charge >= 0.3 is 0 Å². The van der Waals surface area contributed by atoms with E-state index in [1.807, 2.05) is 36.4 Å². The summed E-state index contributed by atoms with van der Waals surface area (Å²) in [6.07, 6.45) is 1.72. The molecule has 2 N–H and O–H groups in total. The number of rotatable bonds is 5. The first-order chi connectivity index (χ1) is 13.0. The second-order valence-corrected chi connectivity index (χ2v) is 6.93. The van der Waals surface area contributed by atoms with Gasteiger partial charge in [0.2, 0.25) is 0 Å². The van der Waals surface area contributed by atoms with Crippen molar-refractivity contribution in [3.05, 3.63) is 66.4 Å². The number of anilines is 1. The largest absolute Gasteiger partial charge is 0.493 e. The van der Waals surface area contributed by atoms with Crippen LogP contribution in [0.25, 0.3) is 10.9 Å². The molecule has 1 heterocycles. The number of fused-ring (bicyclic) bond motifs is 1. The minimum absolute atomic E-state index is 0.214. The van der Waals surface area contributed by atoms with Crippen LogP contribution in [-0.2, 0) is 0 Å². The summed E-state index contributed by atoms with van der Waals surface area (Å²) in [4.78, 5) is 16.9. The number of amides is 1. The minimum atomic E-state index is -0.296.